The summed E-state index contributed by atoms with van der Waals surface area (Å²) in [7, 11) is -6.09. The quantitative estimate of drug-likeness (QED) is 0.353. The number of alkyl halides is 3. The van der Waals surface area contributed by atoms with Gasteiger partial charge in [-0.3, -0.25) is 4.90 Å². The molecule has 0 aromatic carbocycles. The molecule has 0 aromatic heterocycles. The maximum Gasteiger partial charge on any atom is 0.485 e. The molecule has 148 valence electrons. The molecule has 0 aliphatic carbocycles. The first-order valence-corrected chi connectivity index (χ1v) is 10.3. The van der Waals surface area contributed by atoms with Gasteiger partial charge in [-0.25, -0.2) is 8.42 Å². The molecule has 0 fully saturated rings. The minimum Gasteiger partial charge on any atom is -0.741 e. The van der Waals surface area contributed by atoms with Gasteiger partial charge in [-0.1, -0.05) is 52.4 Å². The first kappa shape index (κ1) is 24.1. The second kappa shape index (κ2) is 12.5. The summed E-state index contributed by atoms with van der Waals surface area (Å²) in [6.45, 7) is 5.80. The fourth-order valence-corrected chi connectivity index (χ4v) is 2.39. The van der Waals surface area contributed by atoms with Crippen molar-refractivity contribution < 1.29 is 31.0 Å². The molecule has 1 aliphatic rings. The van der Waals surface area contributed by atoms with Crippen LogP contribution in [-0.4, -0.2) is 25.0 Å². The lowest BCUT2D eigenvalue weighted by molar-refractivity contribution is -0.788. The highest BCUT2D eigenvalue weighted by atomic mass is 32.2. The highest BCUT2D eigenvalue weighted by molar-refractivity contribution is 7.86. The summed E-state index contributed by atoms with van der Waals surface area (Å²) in [4.78, 5) is 1.55. The molecule has 1 unspecified atom stereocenters. The molecular weight excluding hydrogens is 355 g/mol. The maximum atomic E-state index is 10.7. The van der Waals surface area contributed by atoms with Crippen molar-refractivity contribution in [3.63, 3.8) is 0 Å². The van der Waals surface area contributed by atoms with Crippen molar-refractivity contribution >= 4 is 10.1 Å². The van der Waals surface area contributed by atoms with Crippen LogP contribution in [0, 0.1) is 0 Å². The van der Waals surface area contributed by atoms with Crippen LogP contribution in [0.2, 0.25) is 0 Å². The SMILES string of the molecule is CCCCCCCCCC[NH+]1C=CC(CC)=C1.O=S(=O)([O-])C(F)(F)F. The van der Waals surface area contributed by atoms with Crippen LogP contribution in [0.3, 0.4) is 0 Å². The average molecular weight is 385 g/mol. The molecule has 1 rings (SSSR count). The number of unbranched alkanes of at least 4 members (excludes halogenated alkanes) is 7. The summed E-state index contributed by atoms with van der Waals surface area (Å²) >= 11 is 0. The number of hydrogen-bond donors (Lipinski definition) is 1. The minimum absolute atomic E-state index is 1.18. The van der Waals surface area contributed by atoms with Crippen LogP contribution in [-0.2, 0) is 10.1 Å². The van der Waals surface area contributed by atoms with E-state index in [0.717, 1.165) is 0 Å². The number of hydrogen-bond acceptors (Lipinski definition) is 3. The molecule has 8 heteroatoms. The molecule has 25 heavy (non-hydrogen) atoms. The van der Waals surface area contributed by atoms with Crippen molar-refractivity contribution in [2.45, 2.75) is 77.1 Å². The van der Waals surface area contributed by atoms with E-state index in [-0.39, 0.29) is 0 Å². The number of allylic oxidation sites excluding steroid dienone is 2. The molecule has 0 saturated heterocycles. The standard InChI is InChI=1S/C16H29N.CHF3O3S/c1-3-5-6-7-8-9-10-11-13-17-14-12-16(4-2)15-17;2-1(3,4)8(5,6)7/h12,14-15H,3-11,13H2,1-2H3;(H,5,6,7). The van der Waals surface area contributed by atoms with Crippen LogP contribution < -0.4 is 4.90 Å². The van der Waals surface area contributed by atoms with Gasteiger partial charge in [0, 0.05) is 11.6 Å². The molecular formula is C17H30F3NO3S. The molecule has 1 aliphatic heterocycles. The van der Waals surface area contributed by atoms with Gasteiger partial charge < -0.3 is 4.55 Å². The van der Waals surface area contributed by atoms with Crippen molar-refractivity contribution in [2.75, 3.05) is 6.54 Å². The Balaban J connectivity index is 0.000000609. The van der Waals surface area contributed by atoms with Crippen molar-refractivity contribution in [3.05, 3.63) is 24.0 Å². The Morgan fingerprint density at radius 1 is 1.00 bits per heavy atom. The van der Waals surface area contributed by atoms with E-state index >= 15 is 0 Å². The number of rotatable bonds is 10. The van der Waals surface area contributed by atoms with E-state index in [1.165, 1.54) is 69.9 Å². The zero-order valence-electron chi connectivity index (χ0n) is 15.1. The number of halogens is 3. The third kappa shape index (κ3) is 12.2. The predicted octanol–water partition coefficient (Wildman–Crippen LogP) is 3.88. The first-order chi connectivity index (χ1) is 11.6. The summed E-state index contributed by atoms with van der Waals surface area (Å²) < 4.78 is 58.9. The van der Waals surface area contributed by atoms with E-state index in [0.29, 0.717) is 0 Å². The average Bonchev–Trinajstić information content (AvgIpc) is 2.96. The number of nitrogens with one attached hydrogen (secondary N) is 1. The summed E-state index contributed by atoms with van der Waals surface area (Å²) in [5, 5.41) is 0. The molecule has 0 radical (unpaired) electrons. The van der Waals surface area contributed by atoms with Gasteiger partial charge in [0.2, 0.25) is 0 Å². The van der Waals surface area contributed by atoms with E-state index in [1.54, 1.807) is 4.90 Å². The van der Waals surface area contributed by atoms with Crippen LogP contribution >= 0.6 is 0 Å². The molecule has 0 spiro atoms. The van der Waals surface area contributed by atoms with Gasteiger partial charge in [0.25, 0.3) is 0 Å². The monoisotopic (exact) mass is 385 g/mol. The minimum atomic E-state index is -6.09. The third-order valence-corrected chi connectivity index (χ3v) is 4.46. The van der Waals surface area contributed by atoms with E-state index < -0.39 is 15.6 Å². The molecule has 0 bridgehead atoms. The Hall–Kier alpha value is -0.860. The fraction of sp³-hybridized carbons (Fsp3) is 0.765. The summed E-state index contributed by atoms with van der Waals surface area (Å²) in [5.41, 5.74) is -4.15. The van der Waals surface area contributed by atoms with Gasteiger partial charge in [0.1, 0.15) is 6.20 Å². The molecule has 0 aromatic rings. The van der Waals surface area contributed by atoms with Gasteiger partial charge >= 0.3 is 5.51 Å². The zero-order valence-corrected chi connectivity index (χ0v) is 15.9. The summed E-state index contributed by atoms with van der Waals surface area (Å²) in [6, 6.07) is 0. The highest BCUT2D eigenvalue weighted by Crippen LogP contribution is 2.20. The lowest BCUT2D eigenvalue weighted by atomic mass is 10.1. The number of quaternary nitrogens is 1. The van der Waals surface area contributed by atoms with E-state index in [9.17, 15) is 13.2 Å². The molecule has 1 heterocycles. The Kier molecular flexibility index (Phi) is 12.1. The Labute approximate surface area is 149 Å². The second-order valence-electron chi connectivity index (χ2n) is 6.11. The van der Waals surface area contributed by atoms with Crippen LogP contribution in [0.25, 0.3) is 0 Å². The molecule has 0 amide bonds. The third-order valence-electron chi connectivity index (χ3n) is 3.89. The van der Waals surface area contributed by atoms with E-state index in [4.69, 9.17) is 13.0 Å². The molecule has 0 saturated carbocycles. The Bertz CT molecular complexity index is 514. The Morgan fingerprint density at radius 2 is 1.48 bits per heavy atom. The van der Waals surface area contributed by atoms with Crippen LogP contribution in [0.1, 0.15) is 71.6 Å². The van der Waals surface area contributed by atoms with Gasteiger partial charge in [-0.15, -0.1) is 0 Å². The summed E-state index contributed by atoms with van der Waals surface area (Å²) in [6.07, 6.45) is 19.5. The lowest BCUT2D eigenvalue weighted by Crippen LogP contribution is -3.01. The maximum absolute atomic E-state index is 10.7. The van der Waals surface area contributed by atoms with Gasteiger partial charge in [-0.2, -0.15) is 13.2 Å². The van der Waals surface area contributed by atoms with Crippen molar-refractivity contribution in [1.29, 1.82) is 0 Å². The van der Waals surface area contributed by atoms with E-state index in [2.05, 4.69) is 32.3 Å². The smallest absolute Gasteiger partial charge is 0.485 e. The Morgan fingerprint density at radius 3 is 1.88 bits per heavy atom. The normalized spacial score (nSPS) is 17.2. The largest absolute Gasteiger partial charge is 0.741 e. The van der Waals surface area contributed by atoms with Gasteiger partial charge in [-0.05, 0) is 19.3 Å². The van der Waals surface area contributed by atoms with Gasteiger partial charge in [0.15, 0.2) is 10.1 Å². The highest BCUT2D eigenvalue weighted by Gasteiger charge is 2.36. The van der Waals surface area contributed by atoms with Crippen LogP contribution in [0.5, 0.6) is 0 Å². The molecule has 1 atom stereocenters. The second-order valence-corrected chi connectivity index (χ2v) is 7.48. The van der Waals surface area contributed by atoms with Crippen molar-refractivity contribution in [2.24, 2.45) is 0 Å². The topological polar surface area (TPSA) is 61.6 Å². The van der Waals surface area contributed by atoms with Crippen LogP contribution in [0.15, 0.2) is 24.0 Å². The lowest BCUT2D eigenvalue weighted by Gasteiger charge is -2.08. The fourth-order valence-electron chi connectivity index (χ4n) is 2.39. The van der Waals surface area contributed by atoms with Crippen LogP contribution in [0.4, 0.5) is 13.2 Å². The first-order valence-electron chi connectivity index (χ1n) is 8.88. The summed E-state index contributed by atoms with van der Waals surface area (Å²) in [5.74, 6) is 0. The molecule has 4 nitrogen and oxygen atoms in total. The van der Waals surface area contributed by atoms with Crippen molar-refractivity contribution in [1.82, 2.24) is 0 Å². The predicted molar refractivity (Wildman–Crippen MR) is 91.7 cm³/mol. The van der Waals surface area contributed by atoms with E-state index in [1.807, 2.05) is 0 Å². The van der Waals surface area contributed by atoms with Gasteiger partial charge in [0.05, 0.1) is 12.7 Å². The zero-order chi connectivity index (χ0) is 19.3. The van der Waals surface area contributed by atoms with Crippen molar-refractivity contribution in [3.8, 4) is 0 Å². The molecule has 1 N–H and O–H groups in total.